The molecular weight excluding hydrogens is 416 g/mol. The summed E-state index contributed by atoms with van der Waals surface area (Å²) in [6.07, 6.45) is 3.54. The van der Waals surface area contributed by atoms with Gasteiger partial charge >= 0.3 is 0 Å². The molecule has 1 aliphatic heterocycles. The van der Waals surface area contributed by atoms with E-state index in [9.17, 15) is 10.1 Å². The number of nitriles is 1. The first-order valence-corrected chi connectivity index (χ1v) is 10.5. The Labute approximate surface area is 185 Å². The molecule has 0 aliphatic carbocycles. The summed E-state index contributed by atoms with van der Waals surface area (Å²) in [5.41, 5.74) is 1.42. The van der Waals surface area contributed by atoms with Crippen LogP contribution in [-0.2, 0) is 4.74 Å². The third-order valence-electron chi connectivity index (χ3n) is 5.45. The first-order chi connectivity index (χ1) is 15.1. The van der Waals surface area contributed by atoms with Crippen LogP contribution < -0.4 is 5.32 Å². The molecule has 160 valence electrons. The van der Waals surface area contributed by atoms with Crippen LogP contribution in [0.1, 0.15) is 33.3 Å². The van der Waals surface area contributed by atoms with Crippen LogP contribution in [0.15, 0.2) is 53.2 Å². The molecule has 1 saturated heterocycles. The van der Waals surface area contributed by atoms with Crippen LogP contribution in [0.3, 0.4) is 0 Å². The van der Waals surface area contributed by atoms with Gasteiger partial charge in [0.1, 0.15) is 23.0 Å². The molecule has 7 nitrogen and oxygen atoms in total. The van der Waals surface area contributed by atoms with Crippen molar-refractivity contribution in [2.45, 2.75) is 13.0 Å². The maximum absolute atomic E-state index is 13.1. The van der Waals surface area contributed by atoms with Gasteiger partial charge in [-0.3, -0.25) is 14.3 Å². The number of halogens is 1. The highest BCUT2D eigenvalue weighted by atomic mass is 35.5. The number of nitrogens with zero attached hydrogens (tertiary/aromatic N) is 3. The SMILES string of the molecule is Cc1oc(-n2cccc2)c(C#N)c1C(=O)NCC(c1ccccc1Cl)N1CCOCC1. The van der Waals surface area contributed by atoms with Gasteiger partial charge in [-0.15, -0.1) is 0 Å². The molecule has 0 bridgehead atoms. The molecule has 1 aliphatic rings. The highest BCUT2D eigenvalue weighted by Crippen LogP contribution is 2.29. The van der Waals surface area contributed by atoms with Gasteiger partial charge in [-0.05, 0) is 30.7 Å². The number of hydrogen-bond donors (Lipinski definition) is 1. The van der Waals surface area contributed by atoms with Crippen molar-refractivity contribution in [2.75, 3.05) is 32.8 Å². The van der Waals surface area contributed by atoms with Crippen molar-refractivity contribution in [3.63, 3.8) is 0 Å². The van der Waals surface area contributed by atoms with Crippen molar-refractivity contribution in [1.82, 2.24) is 14.8 Å². The number of nitrogens with one attached hydrogen (secondary N) is 1. The third kappa shape index (κ3) is 4.37. The number of aromatic nitrogens is 1. The van der Waals surface area contributed by atoms with Crippen molar-refractivity contribution < 1.29 is 13.9 Å². The van der Waals surface area contributed by atoms with E-state index < -0.39 is 0 Å². The van der Waals surface area contributed by atoms with Crippen molar-refractivity contribution in [3.05, 3.63) is 76.3 Å². The number of hydrogen-bond acceptors (Lipinski definition) is 5. The van der Waals surface area contributed by atoms with Gasteiger partial charge in [0.25, 0.3) is 5.91 Å². The predicted octanol–water partition coefficient (Wildman–Crippen LogP) is 3.71. The summed E-state index contributed by atoms with van der Waals surface area (Å²) in [6, 6.07) is 13.3. The molecule has 1 amide bonds. The molecule has 1 atom stereocenters. The molecule has 2 aromatic heterocycles. The molecule has 1 fully saturated rings. The standard InChI is InChI=1S/C23H23ClN4O3/c1-16-21(18(14-25)23(31-16)28-8-4-5-9-28)22(29)26-15-20(27-10-12-30-13-11-27)17-6-2-3-7-19(17)24/h2-9,20H,10-13,15H2,1H3,(H,26,29). The lowest BCUT2D eigenvalue weighted by atomic mass is 10.0. The van der Waals surface area contributed by atoms with Crippen molar-refractivity contribution >= 4 is 17.5 Å². The predicted molar refractivity (Wildman–Crippen MR) is 116 cm³/mol. The van der Waals surface area contributed by atoms with Crippen LogP contribution in [-0.4, -0.2) is 48.2 Å². The molecular formula is C23H23ClN4O3. The minimum absolute atomic E-state index is 0.108. The Morgan fingerprint density at radius 1 is 1.23 bits per heavy atom. The average molecular weight is 439 g/mol. The van der Waals surface area contributed by atoms with E-state index in [-0.39, 0.29) is 23.1 Å². The lowest BCUT2D eigenvalue weighted by Crippen LogP contribution is -2.44. The second-order valence-electron chi connectivity index (χ2n) is 7.31. The molecule has 0 saturated carbocycles. The highest BCUT2D eigenvalue weighted by molar-refractivity contribution is 6.31. The number of amides is 1. The van der Waals surface area contributed by atoms with Crippen molar-refractivity contribution in [3.8, 4) is 12.0 Å². The summed E-state index contributed by atoms with van der Waals surface area (Å²) in [5.74, 6) is 0.394. The van der Waals surface area contributed by atoms with Crippen LogP contribution >= 0.6 is 11.6 Å². The molecule has 8 heteroatoms. The first-order valence-electron chi connectivity index (χ1n) is 10.1. The minimum Gasteiger partial charge on any atom is -0.443 e. The minimum atomic E-state index is -0.346. The molecule has 3 aromatic rings. The largest absolute Gasteiger partial charge is 0.443 e. The van der Waals surface area contributed by atoms with Crippen LogP contribution in [0.5, 0.6) is 0 Å². The summed E-state index contributed by atoms with van der Waals surface area (Å²) >= 11 is 6.47. The fourth-order valence-corrected chi connectivity index (χ4v) is 4.17. The van der Waals surface area contributed by atoms with Gasteiger partial charge in [0.2, 0.25) is 5.88 Å². The number of carbonyl (C=O) groups excluding carboxylic acids is 1. The normalized spacial score (nSPS) is 15.4. The van der Waals surface area contributed by atoms with Crippen LogP contribution in [0, 0.1) is 18.3 Å². The molecule has 31 heavy (non-hydrogen) atoms. The Bertz CT molecular complexity index is 1090. The van der Waals surface area contributed by atoms with Gasteiger partial charge in [0.05, 0.1) is 19.3 Å². The van der Waals surface area contributed by atoms with Crippen LogP contribution in [0.25, 0.3) is 5.88 Å². The molecule has 4 rings (SSSR count). The highest BCUT2D eigenvalue weighted by Gasteiger charge is 2.28. The van der Waals surface area contributed by atoms with Crippen molar-refractivity contribution in [2.24, 2.45) is 0 Å². The van der Waals surface area contributed by atoms with E-state index in [0.29, 0.717) is 36.4 Å². The topological polar surface area (TPSA) is 83.4 Å². The lowest BCUT2D eigenvalue weighted by molar-refractivity contribution is 0.0162. The van der Waals surface area contributed by atoms with E-state index in [1.165, 1.54) is 0 Å². The zero-order valence-corrected chi connectivity index (χ0v) is 17.9. The van der Waals surface area contributed by atoms with Crippen LogP contribution in [0.2, 0.25) is 5.02 Å². The zero-order chi connectivity index (χ0) is 21.8. The summed E-state index contributed by atoms with van der Waals surface area (Å²) in [7, 11) is 0. The molecule has 3 heterocycles. The van der Waals surface area contributed by atoms with Crippen molar-refractivity contribution in [1.29, 1.82) is 5.26 Å². The Hall–Kier alpha value is -3.05. The van der Waals surface area contributed by atoms with Gasteiger partial charge in [0, 0.05) is 37.1 Å². The fourth-order valence-electron chi connectivity index (χ4n) is 3.91. The summed E-state index contributed by atoms with van der Waals surface area (Å²) in [6.45, 7) is 4.80. The zero-order valence-electron chi connectivity index (χ0n) is 17.2. The second kappa shape index (κ2) is 9.40. The van der Waals surface area contributed by atoms with E-state index in [4.69, 9.17) is 20.8 Å². The van der Waals surface area contributed by atoms with E-state index in [1.54, 1.807) is 23.9 Å². The smallest absolute Gasteiger partial charge is 0.256 e. The molecule has 0 spiro atoms. The number of morpholine rings is 1. The van der Waals surface area contributed by atoms with Gasteiger partial charge in [-0.25, -0.2) is 0 Å². The number of ether oxygens (including phenoxy) is 1. The van der Waals surface area contributed by atoms with E-state index in [1.807, 2.05) is 36.4 Å². The lowest BCUT2D eigenvalue weighted by Gasteiger charge is -2.35. The Balaban J connectivity index is 1.59. The van der Waals surface area contributed by atoms with Gasteiger partial charge in [0.15, 0.2) is 0 Å². The Morgan fingerprint density at radius 2 is 1.94 bits per heavy atom. The fraction of sp³-hybridized carbons (Fsp3) is 0.304. The van der Waals surface area contributed by atoms with Gasteiger partial charge < -0.3 is 14.5 Å². The molecule has 1 aromatic carbocycles. The maximum atomic E-state index is 13.1. The molecule has 1 unspecified atom stereocenters. The molecule has 0 radical (unpaired) electrons. The Morgan fingerprint density at radius 3 is 2.61 bits per heavy atom. The number of aryl methyl sites for hydroxylation is 1. The summed E-state index contributed by atoms with van der Waals surface area (Å²) in [4.78, 5) is 15.4. The monoisotopic (exact) mass is 438 g/mol. The van der Waals surface area contributed by atoms with Gasteiger partial charge in [-0.2, -0.15) is 5.26 Å². The second-order valence-corrected chi connectivity index (χ2v) is 7.72. The number of carbonyl (C=O) groups is 1. The third-order valence-corrected chi connectivity index (χ3v) is 5.79. The first kappa shape index (κ1) is 21.2. The van der Waals surface area contributed by atoms with E-state index >= 15 is 0 Å². The summed E-state index contributed by atoms with van der Waals surface area (Å²) in [5, 5.41) is 13.4. The Kier molecular flexibility index (Phi) is 6.42. The van der Waals surface area contributed by atoms with Crippen LogP contribution in [0.4, 0.5) is 0 Å². The van der Waals surface area contributed by atoms with Gasteiger partial charge in [-0.1, -0.05) is 29.8 Å². The average Bonchev–Trinajstić information content (AvgIpc) is 3.43. The molecule has 1 N–H and O–H groups in total. The number of furan rings is 1. The van der Waals surface area contributed by atoms with E-state index in [2.05, 4.69) is 16.3 Å². The summed E-state index contributed by atoms with van der Waals surface area (Å²) < 4.78 is 12.9. The quantitative estimate of drug-likeness (QED) is 0.634. The number of benzene rings is 1. The maximum Gasteiger partial charge on any atom is 0.256 e. The van der Waals surface area contributed by atoms with E-state index in [0.717, 1.165) is 18.7 Å². The number of rotatable bonds is 6.